The van der Waals surface area contributed by atoms with Crippen molar-refractivity contribution in [2.75, 3.05) is 12.5 Å². The maximum atomic E-state index is 13.9. The fourth-order valence-corrected chi connectivity index (χ4v) is 8.94. The number of carbonyl (C=O) groups is 3. The van der Waals surface area contributed by atoms with Gasteiger partial charge in [0, 0.05) is 41.3 Å². The summed E-state index contributed by atoms with van der Waals surface area (Å²) in [5, 5.41) is 8.48. The molecule has 6 bridgehead atoms. The number of carboxylic acids is 1. The molecule has 3 aromatic rings. The lowest BCUT2D eigenvalue weighted by atomic mass is 9.41. The van der Waals surface area contributed by atoms with E-state index in [1.165, 1.54) is 18.2 Å². The summed E-state index contributed by atoms with van der Waals surface area (Å²) < 4.78 is 72.7. The van der Waals surface area contributed by atoms with Crippen molar-refractivity contribution in [2.24, 2.45) is 10.8 Å². The summed E-state index contributed by atoms with van der Waals surface area (Å²) in [6.45, 7) is 2.24. The Balaban J connectivity index is 0.000000160. The van der Waals surface area contributed by atoms with Crippen LogP contribution in [0.15, 0.2) is 36.7 Å². The number of halogens is 6. The zero-order valence-corrected chi connectivity index (χ0v) is 27.5. The Labute approximate surface area is 283 Å². The van der Waals surface area contributed by atoms with Gasteiger partial charge < -0.3 is 14.2 Å². The van der Waals surface area contributed by atoms with E-state index in [0.29, 0.717) is 62.1 Å². The molecule has 14 heteroatoms. The van der Waals surface area contributed by atoms with Gasteiger partial charge >= 0.3 is 5.97 Å². The molecule has 8 nitrogen and oxygen atoms in total. The Hall–Kier alpha value is -3.61. The minimum absolute atomic E-state index is 0.0104. The molecule has 1 N–H and O–H groups in total. The van der Waals surface area contributed by atoms with Gasteiger partial charge in [0.25, 0.3) is 6.43 Å². The number of ketones is 2. The van der Waals surface area contributed by atoms with Crippen LogP contribution < -0.4 is 4.74 Å². The van der Waals surface area contributed by atoms with Gasteiger partial charge in [-0.2, -0.15) is 0 Å². The van der Waals surface area contributed by atoms with Crippen molar-refractivity contribution in [3.63, 3.8) is 0 Å². The van der Waals surface area contributed by atoms with E-state index in [-0.39, 0.29) is 59.7 Å². The highest BCUT2D eigenvalue weighted by atomic mass is 35.5. The first-order valence-electron chi connectivity index (χ1n) is 16.3. The molecule has 12 rings (SSSR count). The van der Waals surface area contributed by atoms with Crippen LogP contribution >= 0.6 is 11.6 Å². The molecule has 3 heterocycles. The zero-order valence-electron chi connectivity index (χ0n) is 26.7. The number of ether oxygens (including phenoxy) is 1. The summed E-state index contributed by atoms with van der Waals surface area (Å²) in [5.74, 6) is -0.594. The highest BCUT2D eigenvalue weighted by molar-refractivity contribution is 6.28. The molecule has 0 atom stereocenters. The molecule has 9 fully saturated rings. The largest absolute Gasteiger partial charge is 0.493 e. The van der Waals surface area contributed by atoms with Crippen molar-refractivity contribution >= 4 is 34.8 Å². The van der Waals surface area contributed by atoms with E-state index in [1.807, 2.05) is 17.5 Å². The number of aliphatic carboxylic acids is 1. The summed E-state index contributed by atoms with van der Waals surface area (Å²) in [7, 11) is 0. The first kappa shape index (κ1) is 33.9. The van der Waals surface area contributed by atoms with Gasteiger partial charge in [-0.25, -0.2) is 31.9 Å². The van der Waals surface area contributed by atoms with E-state index in [0.717, 1.165) is 5.69 Å². The van der Waals surface area contributed by atoms with Gasteiger partial charge in [0.1, 0.15) is 39.8 Å². The van der Waals surface area contributed by atoms with Crippen LogP contribution in [-0.2, 0) is 21.4 Å². The van der Waals surface area contributed by atoms with Crippen molar-refractivity contribution in [2.45, 2.75) is 100.0 Å². The molecule has 0 radical (unpaired) electrons. The number of carbonyl (C=O) groups excluding carboxylic acids is 2. The van der Waals surface area contributed by atoms with E-state index < -0.39 is 40.5 Å². The van der Waals surface area contributed by atoms with E-state index >= 15 is 0 Å². The molecule has 49 heavy (non-hydrogen) atoms. The molecule has 262 valence electrons. The van der Waals surface area contributed by atoms with Crippen molar-refractivity contribution in [1.82, 2.24) is 14.4 Å². The van der Waals surface area contributed by atoms with Gasteiger partial charge in [-0.15, -0.1) is 11.6 Å². The Morgan fingerprint density at radius 2 is 1.51 bits per heavy atom. The Morgan fingerprint density at radius 3 is 2.00 bits per heavy atom. The molecule has 9 aliphatic carbocycles. The number of nitrogens with zero attached hydrogens (tertiary/aromatic N) is 3. The third-order valence-corrected chi connectivity index (χ3v) is 11.4. The molecule has 0 amide bonds. The maximum absolute atomic E-state index is 13.9. The van der Waals surface area contributed by atoms with Gasteiger partial charge in [-0.1, -0.05) is 6.07 Å². The second-order valence-electron chi connectivity index (χ2n) is 15.1. The number of fused-ring (bicyclic) bond motifs is 1. The van der Waals surface area contributed by atoms with Gasteiger partial charge in [0.05, 0.1) is 23.6 Å². The number of rotatable bonds is 10. The summed E-state index contributed by atoms with van der Waals surface area (Å²) in [6, 6.07) is 5.78. The van der Waals surface area contributed by atoms with Crippen molar-refractivity contribution in [3.05, 3.63) is 59.3 Å². The molecule has 0 spiro atoms. The predicted octanol–water partition coefficient (Wildman–Crippen LogP) is 7.28. The average Bonchev–Trinajstić information content (AvgIpc) is 3.37. The number of hydrogen-bond acceptors (Lipinski definition) is 6. The van der Waals surface area contributed by atoms with Crippen LogP contribution in [0.2, 0.25) is 0 Å². The lowest BCUT2D eigenvalue weighted by molar-refractivity contribution is -0.227. The number of alkyl halides is 6. The Bertz CT molecular complexity index is 1820. The molecular formula is C35H35ClF5N3O5. The molecule has 0 unspecified atom stereocenters. The van der Waals surface area contributed by atoms with Crippen LogP contribution in [0.5, 0.6) is 5.75 Å². The topological polar surface area (TPSA) is 111 Å². The number of Topliss-reactive ketones (excluding diaryl/α,β-unsaturated/α-hetero) is 2. The standard InChI is InChI=1S/C22H20F3N3O2.C7H8ClFO.C6H7FO2/c1-2-30-17-7-19-27-18(21-10-22(25,11-21)12-21)9-28(19)8-13(17)6-16(29)14-4-3-5-15(26-14)20(23)24;8-1-5(10)6-2-7(9,3-6)4-6;7-6-1-5(2-6,3-6)4(8)9/h3-5,7-9,20H,2,6,10-12H2,1H3;1-4H2;1-3H2,(H,8,9). The quantitative estimate of drug-likeness (QED) is 0.134. The Morgan fingerprint density at radius 1 is 0.918 bits per heavy atom. The molecule has 0 aromatic carbocycles. The predicted molar refractivity (Wildman–Crippen MR) is 167 cm³/mol. The summed E-state index contributed by atoms with van der Waals surface area (Å²) in [6.07, 6.45) is 4.49. The second-order valence-corrected chi connectivity index (χ2v) is 15.3. The number of pyridine rings is 2. The van der Waals surface area contributed by atoms with Crippen molar-refractivity contribution in [1.29, 1.82) is 0 Å². The molecule has 9 aliphatic rings. The first-order chi connectivity index (χ1) is 23.0. The third kappa shape index (κ3) is 5.60. The van der Waals surface area contributed by atoms with Crippen molar-refractivity contribution in [3.8, 4) is 5.75 Å². The molecular weight excluding hydrogens is 673 g/mol. The summed E-state index contributed by atoms with van der Waals surface area (Å²) in [5.41, 5.74) is -2.45. The van der Waals surface area contributed by atoms with Gasteiger partial charge in [-0.05, 0) is 76.8 Å². The van der Waals surface area contributed by atoms with Crippen LogP contribution in [0.3, 0.4) is 0 Å². The van der Waals surface area contributed by atoms with Crippen LogP contribution in [0.1, 0.15) is 98.6 Å². The van der Waals surface area contributed by atoms with Crippen LogP contribution in [0.25, 0.3) is 5.65 Å². The maximum Gasteiger partial charge on any atom is 0.309 e. The highest BCUT2D eigenvalue weighted by Gasteiger charge is 2.74. The number of carboxylic acid groups (broad SMARTS) is 1. The monoisotopic (exact) mass is 707 g/mol. The van der Waals surface area contributed by atoms with E-state index in [4.69, 9.17) is 21.4 Å². The fourth-order valence-electron chi connectivity index (χ4n) is 8.66. The van der Waals surface area contributed by atoms with Gasteiger partial charge in [0.15, 0.2) is 11.6 Å². The van der Waals surface area contributed by atoms with E-state index in [2.05, 4.69) is 9.97 Å². The smallest absolute Gasteiger partial charge is 0.309 e. The zero-order chi connectivity index (χ0) is 35.2. The molecule has 9 saturated carbocycles. The molecule has 0 aliphatic heterocycles. The number of imidazole rings is 1. The fraction of sp³-hybridized carbons (Fsp3) is 0.571. The van der Waals surface area contributed by atoms with Gasteiger partial charge in [-0.3, -0.25) is 14.4 Å². The van der Waals surface area contributed by atoms with E-state index in [1.54, 1.807) is 12.3 Å². The lowest BCUT2D eigenvalue weighted by Crippen LogP contribution is -2.68. The SMILES string of the molecule is CCOc1cc2nc(C34CC(F)(C3)C4)cn2cc1CC(=O)c1cccc(C(F)F)n1.O=C(CCl)C12CC(F)(C1)C2.O=C(O)C12CC(F)(C1)C2. The minimum Gasteiger partial charge on any atom is -0.493 e. The molecule has 0 saturated heterocycles. The second kappa shape index (κ2) is 11.2. The number of aromatic nitrogens is 3. The van der Waals surface area contributed by atoms with Crippen molar-refractivity contribution < 1.29 is 46.2 Å². The summed E-state index contributed by atoms with van der Waals surface area (Å²) >= 11 is 5.35. The van der Waals surface area contributed by atoms with E-state index in [9.17, 15) is 36.3 Å². The Kier molecular flexibility index (Phi) is 7.74. The third-order valence-electron chi connectivity index (χ3n) is 11.2. The average molecular weight is 708 g/mol. The molecule has 3 aromatic heterocycles. The van der Waals surface area contributed by atoms with Gasteiger partial charge in [0.2, 0.25) is 0 Å². The normalized spacial score (nSPS) is 34.9. The lowest BCUT2D eigenvalue weighted by Gasteiger charge is -2.65. The first-order valence-corrected chi connectivity index (χ1v) is 16.8. The van der Waals surface area contributed by atoms with Crippen LogP contribution in [0, 0.1) is 10.8 Å². The summed E-state index contributed by atoms with van der Waals surface area (Å²) in [4.78, 5) is 42.5. The van der Waals surface area contributed by atoms with Crippen LogP contribution in [-0.4, -0.2) is 66.5 Å². The highest BCUT2D eigenvalue weighted by Crippen LogP contribution is 2.71. The van der Waals surface area contributed by atoms with Crippen LogP contribution in [0.4, 0.5) is 22.0 Å². The minimum atomic E-state index is -2.74. The number of hydrogen-bond donors (Lipinski definition) is 1.